The first-order valence-electron chi connectivity index (χ1n) is 8.94. The third-order valence-electron chi connectivity index (χ3n) is 5.08. The predicted molar refractivity (Wildman–Crippen MR) is 94.5 cm³/mol. The quantitative estimate of drug-likeness (QED) is 0.896. The van der Waals surface area contributed by atoms with Crippen LogP contribution in [0.4, 0.5) is 9.18 Å². The van der Waals surface area contributed by atoms with Crippen LogP contribution in [0.2, 0.25) is 0 Å². The van der Waals surface area contributed by atoms with E-state index in [9.17, 15) is 9.18 Å². The highest BCUT2D eigenvalue weighted by molar-refractivity contribution is 5.75. The van der Waals surface area contributed by atoms with Crippen LogP contribution in [0.25, 0.3) is 0 Å². The number of nitrogens with zero attached hydrogens (tertiary/aromatic N) is 3. The van der Waals surface area contributed by atoms with E-state index < -0.39 is 5.60 Å². The molecule has 7 heteroatoms. The van der Waals surface area contributed by atoms with Gasteiger partial charge in [-0.25, -0.2) is 9.18 Å². The van der Waals surface area contributed by atoms with Gasteiger partial charge in [-0.2, -0.15) is 5.10 Å². The highest BCUT2D eigenvalue weighted by Gasteiger charge is 2.36. The number of hydrogen-bond acceptors (Lipinski definition) is 3. The van der Waals surface area contributed by atoms with Gasteiger partial charge in [-0.3, -0.25) is 4.68 Å². The lowest BCUT2D eigenvalue weighted by atomic mass is 9.90. The Labute approximate surface area is 151 Å². The highest BCUT2D eigenvalue weighted by Crippen LogP contribution is 2.40. The summed E-state index contributed by atoms with van der Waals surface area (Å²) in [4.78, 5) is 14.6. The van der Waals surface area contributed by atoms with E-state index in [0.29, 0.717) is 25.3 Å². The molecule has 1 saturated heterocycles. The minimum Gasteiger partial charge on any atom is -0.487 e. The average molecular weight is 358 g/mol. The van der Waals surface area contributed by atoms with Crippen LogP contribution in [0.3, 0.4) is 0 Å². The van der Waals surface area contributed by atoms with Crippen molar-refractivity contribution < 1.29 is 13.9 Å². The van der Waals surface area contributed by atoms with Crippen LogP contribution in [-0.2, 0) is 0 Å². The molecule has 0 bridgehead atoms. The first-order valence-corrected chi connectivity index (χ1v) is 8.94. The zero-order valence-electron chi connectivity index (χ0n) is 15.0. The molecule has 1 N–H and O–H groups in total. The normalized spacial score (nSPS) is 24.0. The Morgan fingerprint density at radius 3 is 3.04 bits per heavy atom. The summed E-state index contributed by atoms with van der Waals surface area (Å²) >= 11 is 0. The van der Waals surface area contributed by atoms with Crippen LogP contribution in [0.5, 0.6) is 5.75 Å². The van der Waals surface area contributed by atoms with E-state index in [4.69, 9.17) is 4.74 Å². The maximum Gasteiger partial charge on any atom is 0.317 e. The number of amides is 2. The fourth-order valence-electron chi connectivity index (χ4n) is 3.83. The summed E-state index contributed by atoms with van der Waals surface area (Å²) in [5.74, 6) is 0.163. The zero-order valence-corrected chi connectivity index (χ0v) is 15.0. The summed E-state index contributed by atoms with van der Waals surface area (Å²) in [7, 11) is 0. The van der Waals surface area contributed by atoms with Gasteiger partial charge in [0, 0.05) is 43.5 Å². The Morgan fingerprint density at radius 2 is 2.27 bits per heavy atom. The fourth-order valence-corrected chi connectivity index (χ4v) is 3.83. The minimum absolute atomic E-state index is 0.0994. The summed E-state index contributed by atoms with van der Waals surface area (Å²) in [6, 6.07) is 6.29. The van der Waals surface area contributed by atoms with Crippen LogP contribution < -0.4 is 10.1 Å². The van der Waals surface area contributed by atoms with Crippen molar-refractivity contribution in [2.24, 2.45) is 0 Å². The predicted octanol–water partition coefficient (Wildman–Crippen LogP) is 3.28. The van der Waals surface area contributed by atoms with Crippen molar-refractivity contribution in [1.29, 1.82) is 0 Å². The molecular weight excluding hydrogens is 335 g/mol. The molecule has 2 aliphatic rings. The Kier molecular flexibility index (Phi) is 4.09. The molecule has 4 rings (SSSR count). The largest absolute Gasteiger partial charge is 0.487 e. The molecule has 2 amide bonds. The van der Waals surface area contributed by atoms with E-state index in [0.717, 1.165) is 12.0 Å². The van der Waals surface area contributed by atoms with Crippen LogP contribution in [0, 0.1) is 5.82 Å². The van der Waals surface area contributed by atoms with Crippen molar-refractivity contribution in [1.82, 2.24) is 20.0 Å². The number of nitrogens with one attached hydrogen (secondary N) is 1. The number of carbonyl (C=O) groups is 1. The van der Waals surface area contributed by atoms with Gasteiger partial charge in [0.2, 0.25) is 0 Å². The van der Waals surface area contributed by atoms with Crippen LogP contribution in [0.1, 0.15) is 44.3 Å². The number of halogens is 1. The molecule has 1 aromatic heterocycles. The third kappa shape index (κ3) is 3.25. The Bertz CT molecular complexity index is 806. The van der Waals surface area contributed by atoms with Crippen molar-refractivity contribution in [2.75, 3.05) is 13.1 Å². The zero-order chi connectivity index (χ0) is 18.3. The lowest BCUT2D eigenvalue weighted by Crippen LogP contribution is -2.45. The maximum absolute atomic E-state index is 13.6. The Morgan fingerprint density at radius 1 is 1.42 bits per heavy atom. The fraction of sp³-hybridized carbons (Fsp3) is 0.474. The molecule has 2 atom stereocenters. The average Bonchev–Trinajstić information content (AvgIpc) is 3.24. The van der Waals surface area contributed by atoms with Gasteiger partial charge in [0.25, 0.3) is 0 Å². The van der Waals surface area contributed by atoms with E-state index in [2.05, 4.69) is 10.4 Å². The smallest absolute Gasteiger partial charge is 0.317 e. The SMILES string of the molecule is CC1(C)CC(NC(=O)N2CCC(n3cccn3)C2)c2ccc(F)cc2O1. The van der Waals surface area contributed by atoms with Crippen LogP contribution >= 0.6 is 0 Å². The number of ether oxygens (including phenoxy) is 1. The van der Waals surface area contributed by atoms with Crippen molar-refractivity contribution in [3.8, 4) is 5.75 Å². The van der Waals surface area contributed by atoms with Crippen molar-refractivity contribution in [3.63, 3.8) is 0 Å². The molecule has 0 saturated carbocycles. The number of carbonyl (C=O) groups excluding carboxylic acids is 1. The second-order valence-corrected chi connectivity index (χ2v) is 7.62. The van der Waals surface area contributed by atoms with E-state index in [-0.39, 0.29) is 23.9 Å². The number of rotatable bonds is 2. The number of fused-ring (bicyclic) bond motifs is 1. The van der Waals surface area contributed by atoms with Gasteiger partial charge in [0.05, 0.1) is 12.1 Å². The topological polar surface area (TPSA) is 59.4 Å². The lowest BCUT2D eigenvalue weighted by molar-refractivity contribution is 0.0663. The molecule has 3 heterocycles. The summed E-state index contributed by atoms with van der Waals surface area (Å²) in [5, 5.41) is 7.38. The van der Waals surface area contributed by atoms with Crippen molar-refractivity contribution in [2.45, 2.75) is 44.4 Å². The second kappa shape index (κ2) is 6.30. The van der Waals surface area contributed by atoms with Gasteiger partial charge in [-0.15, -0.1) is 0 Å². The highest BCUT2D eigenvalue weighted by atomic mass is 19.1. The first-order chi connectivity index (χ1) is 12.4. The molecule has 1 fully saturated rings. The number of urea groups is 1. The van der Waals surface area contributed by atoms with Gasteiger partial charge in [-0.1, -0.05) is 6.07 Å². The maximum atomic E-state index is 13.6. The van der Waals surface area contributed by atoms with E-state index >= 15 is 0 Å². The molecule has 138 valence electrons. The van der Waals surface area contributed by atoms with Crippen LogP contribution in [-0.4, -0.2) is 39.4 Å². The molecule has 2 aromatic rings. The molecule has 6 nitrogen and oxygen atoms in total. The van der Waals surface area contributed by atoms with Crippen LogP contribution in [0.15, 0.2) is 36.7 Å². The summed E-state index contributed by atoms with van der Waals surface area (Å²) < 4.78 is 21.4. The molecule has 1 aromatic carbocycles. The minimum atomic E-state index is -0.471. The second-order valence-electron chi connectivity index (χ2n) is 7.62. The van der Waals surface area contributed by atoms with Gasteiger partial charge < -0.3 is 15.0 Å². The van der Waals surface area contributed by atoms with E-state index in [1.807, 2.05) is 35.7 Å². The summed E-state index contributed by atoms with van der Waals surface area (Å²) in [6.45, 7) is 5.23. The molecule has 2 aliphatic heterocycles. The van der Waals surface area contributed by atoms with E-state index in [1.165, 1.54) is 12.1 Å². The van der Waals surface area contributed by atoms with Gasteiger partial charge in [0.15, 0.2) is 0 Å². The Hall–Kier alpha value is -2.57. The standard InChI is InChI=1S/C19H23FN4O2/c1-19(2)11-16(15-5-4-13(20)10-17(15)26-19)22-18(25)23-9-6-14(12-23)24-8-3-7-21-24/h3-5,7-8,10,14,16H,6,9,11-12H2,1-2H3,(H,22,25). The lowest BCUT2D eigenvalue weighted by Gasteiger charge is -2.38. The van der Waals surface area contributed by atoms with Crippen molar-refractivity contribution >= 4 is 6.03 Å². The molecule has 2 unspecified atom stereocenters. The molecule has 0 radical (unpaired) electrons. The number of likely N-dealkylation sites (tertiary alicyclic amines) is 1. The summed E-state index contributed by atoms with van der Waals surface area (Å²) in [5.41, 5.74) is 0.350. The Balaban J connectivity index is 1.48. The molecule has 0 spiro atoms. The molecule has 0 aliphatic carbocycles. The van der Waals surface area contributed by atoms with E-state index in [1.54, 1.807) is 12.3 Å². The number of hydrogen-bond donors (Lipinski definition) is 1. The van der Waals surface area contributed by atoms with Gasteiger partial charge in [0.1, 0.15) is 17.2 Å². The number of aromatic nitrogens is 2. The molecular formula is C19H23FN4O2. The monoisotopic (exact) mass is 358 g/mol. The van der Waals surface area contributed by atoms with Gasteiger partial charge >= 0.3 is 6.03 Å². The first kappa shape index (κ1) is 16.9. The summed E-state index contributed by atoms with van der Waals surface area (Å²) in [6.07, 6.45) is 5.20. The third-order valence-corrected chi connectivity index (χ3v) is 5.08. The van der Waals surface area contributed by atoms with Gasteiger partial charge in [-0.05, 0) is 32.4 Å². The van der Waals surface area contributed by atoms with Crippen molar-refractivity contribution in [3.05, 3.63) is 48.0 Å². The molecule has 26 heavy (non-hydrogen) atoms. The number of benzene rings is 1.